The molecule has 0 saturated carbocycles. The molecule has 0 saturated heterocycles. The number of aromatic amines is 1. The first-order valence-corrected chi connectivity index (χ1v) is 10.8. The van der Waals surface area contributed by atoms with Gasteiger partial charge in [0.25, 0.3) is 5.82 Å². The van der Waals surface area contributed by atoms with Gasteiger partial charge in [0.1, 0.15) is 12.4 Å². The van der Waals surface area contributed by atoms with Crippen LogP contribution in [-0.4, -0.2) is 4.98 Å². The molecule has 0 fully saturated rings. The van der Waals surface area contributed by atoms with Gasteiger partial charge in [0.2, 0.25) is 0 Å². The number of aromatic nitrogens is 2. The Morgan fingerprint density at radius 1 is 0.833 bits per heavy atom. The van der Waals surface area contributed by atoms with Crippen LogP contribution in [0.2, 0.25) is 0 Å². The van der Waals surface area contributed by atoms with Crippen molar-refractivity contribution in [2.24, 2.45) is 0 Å². The molecule has 0 spiro atoms. The molecule has 2 heteroatoms. The normalized spacial score (nSPS) is 14.0. The van der Waals surface area contributed by atoms with Crippen molar-refractivity contribution in [2.45, 2.75) is 123 Å². The van der Waals surface area contributed by atoms with Crippen LogP contribution in [0.4, 0.5) is 0 Å². The van der Waals surface area contributed by atoms with E-state index in [4.69, 9.17) is 0 Å². The summed E-state index contributed by atoms with van der Waals surface area (Å²) in [6.45, 7) is 9.32. The Morgan fingerprint density at radius 2 is 1.42 bits per heavy atom. The highest BCUT2D eigenvalue weighted by Gasteiger charge is 2.24. The third kappa shape index (κ3) is 7.85. The molecule has 0 aliphatic rings. The van der Waals surface area contributed by atoms with Crippen molar-refractivity contribution >= 4 is 0 Å². The largest absolute Gasteiger partial charge is 0.257 e. The molecule has 0 aliphatic heterocycles. The Kier molecular flexibility index (Phi) is 12.0. The second-order valence-electron chi connectivity index (χ2n) is 7.61. The predicted molar refractivity (Wildman–Crippen MR) is 105 cm³/mol. The molecule has 2 nitrogen and oxygen atoms in total. The molecule has 2 atom stereocenters. The molecular formula is C22H43N2+. The molecule has 1 aromatic heterocycles. The van der Waals surface area contributed by atoms with Gasteiger partial charge in [-0.15, -0.1) is 0 Å². The molecule has 0 amide bonds. The summed E-state index contributed by atoms with van der Waals surface area (Å²) in [5.41, 5.74) is 0. The average Bonchev–Trinajstić information content (AvgIpc) is 3.07. The summed E-state index contributed by atoms with van der Waals surface area (Å²) in [7, 11) is 0. The van der Waals surface area contributed by atoms with Crippen molar-refractivity contribution in [1.82, 2.24) is 4.98 Å². The minimum absolute atomic E-state index is 0.627. The molecule has 1 N–H and O–H groups in total. The first-order chi connectivity index (χ1) is 11.7. The fraction of sp³-hybridized carbons (Fsp3) is 0.864. The first-order valence-electron chi connectivity index (χ1n) is 10.8. The topological polar surface area (TPSA) is 19.7 Å². The summed E-state index contributed by atoms with van der Waals surface area (Å²) in [6, 6.07) is 0.627. The van der Waals surface area contributed by atoms with Gasteiger partial charge in [-0.1, -0.05) is 78.6 Å². The van der Waals surface area contributed by atoms with E-state index in [2.05, 4.69) is 49.6 Å². The van der Waals surface area contributed by atoms with Crippen molar-refractivity contribution in [2.75, 3.05) is 0 Å². The SMILES string of the molecule is CCCCCCCC(CC)c1[nH]cc[n+]1C(C)CCCCCCC. The van der Waals surface area contributed by atoms with Crippen LogP contribution in [-0.2, 0) is 0 Å². The number of nitrogens with zero attached hydrogens (tertiary/aromatic N) is 1. The highest BCUT2D eigenvalue weighted by molar-refractivity contribution is 4.89. The molecule has 0 bridgehead atoms. The number of rotatable bonds is 15. The van der Waals surface area contributed by atoms with Crippen LogP contribution in [0, 0.1) is 0 Å². The quantitative estimate of drug-likeness (QED) is 0.261. The van der Waals surface area contributed by atoms with Gasteiger partial charge in [-0.25, -0.2) is 9.55 Å². The Morgan fingerprint density at radius 3 is 2.00 bits per heavy atom. The van der Waals surface area contributed by atoms with Crippen LogP contribution in [0.1, 0.15) is 129 Å². The van der Waals surface area contributed by atoms with Gasteiger partial charge in [-0.3, -0.25) is 0 Å². The standard InChI is InChI=1S/C22H42N2/c1-5-8-10-12-14-16-20(4)24-19-18-23-22(24)21(7-3)17-15-13-11-9-6-2/h18-21H,5-17H2,1-4H3/p+1. The van der Waals surface area contributed by atoms with Gasteiger partial charge < -0.3 is 0 Å². The summed E-state index contributed by atoms with van der Waals surface area (Å²) in [4.78, 5) is 3.56. The Bertz CT molecular complexity index is 396. The maximum atomic E-state index is 3.56. The highest BCUT2D eigenvalue weighted by atomic mass is 15.1. The van der Waals surface area contributed by atoms with Gasteiger partial charge in [-0.05, 0) is 32.6 Å². The predicted octanol–water partition coefficient (Wildman–Crippen LogP) is 7.08. The minimum atomic E-state index is 0.627. The van der Waals surface area contributed by atoms with E-state index in [0.717, 1.165) is 0 Å². The summed E-state index contributed by atoms with van der Waals surface area (Å²) in [5, 5.41) is 0. The van der Waals surface area contributed by atoms with Crippen molar-refractivity contribution < 1.29 is 4.57 Å². The lowest BCUT2D eigenvalue weighted by molar-refractivity contribution is -0.727. The second kappa shape index (κ2) is 13.5. The zero-order valence-corrected chi connectivity index (χ0v) is 16.9. The van der Waals surface area contributed by atoms with E-state index in [0.29, 0.717) is 12.0 Å². The molecule has 140 valence electrons. The summed E-state index contributed by atoms with van der Waals surface area (Å²) < 4.78 is 2.53. The van der Waals surface area contributed by atoms with Crippen LogP contribution < -0.4 is 4.57 Å². The van der Waals surface area contributed by atoms with Crippen molar-refractivity contribution in [3.05, 3.63) is 18.2 Å². The second-order valence-corrected chi connectivity index (χ2v) is 7.61. The van der Waals surface area contributed by atoms with Gasteiger partial charge in [0, 0.05) is 0 Å². The molecule has 0 radical (unpaired) electrons. The Labute approximate surface area is 151 Å². The lowest BCUT2D eigenvalue weighted by Crippen LogP contribution is -2.41. The van der Waals surface area contributed by atoms with Crippen LogP contribution >= 0.6 is 0 Å². The van der Waals surface area contributed by atoms with Crippen LogP contribution in [0.25, 0.3) is 0 Å². The van der Waals surface area contributed by atoms with Crippen LogP contribution in [0.5, 0.6) is 0 Å². The lowest BCUT2D eigenvalue weighted by Gasteiger charge is -2.15. The molecule has 1 aromatic rings. The third-order valence-corrected chi connectivity index (χ3v) is 5.48. The van der Waals surface area contributed by atoms with Crippen molar-refractivity contribution in [3.8, 4) is 0 Å². The van der Waals surface area contributed by atoms with E-state index < -0.39 is 0 Å². The maximum absolute atomic E-state index is 3.56. The van der Waals surface area contributed by atoms with E-state index in [9.17, 15) is 0 Å². The highest BCUT2D eigenvalue weighted by Crippen LogP contribution is 2.24. The zero-order valence-electron chi connectivity index (χ0n) is 16.9. The Balaban J connectivity index is 2.45. The van der Waals surface area contributed by atoms with Crippen molar-refractivity contribution in [3.63, 3.8) is 0 Å². The van der Waals surface area contributed by atoms with Gasteiger partial charge in [-0.2, -0.15) is 0 Å². The molecule has 0 aromatic carbocycles. The van der Waals surface area contributed by atoms with Crippen molar-refractivity contribution in [1.29, 1.82) is 0 Å². The van der Waals surface area contributed by atoms with Gasteiger partial charge >= 0.3 is 0 Å². The fourth-order valence-electron chi connectivity index (χ4n) is 3.78. The molecule has 24 heavy (non-hydrogen) atoms. The van der Waals surface area contributed by atoms with Gasteiger partial charge in [0.15, 0.2) is 0 Å². The number of H-pyrrole nitrogens is 1. The summed E-state index contributed by atoms with van der Waals surface area (Å²) >= 11 is 0. The Hall–Kier alpha value is -0.790. The molecule has 1 heterocycles. The van der Waals surface area contributed by atoms with E-state index in [1.807, 2.05) is 0 Å². The third-order valence-electron chi connectivity index (χ3n) is 5.48. The number of hydrogen-bond donors (Lipinski definition) is 1. The van der Waals surface area contributed by atoms with E-state index in [1.165, 1.54) is 89.3 Å². The number of imidazole rings is 1. The first kappa shape index (κ1) is 21.3. The number of unbranched alkanes of at least 4 members (excludes halogenated alkanes) is 8. The van der Waals surface area contributed by atoms with E-state index in [-0.39, 0.29) is 0 Å². The number of nitrogens with one attached hydrogen (secondary N) is 1. The van der Waals surface area contributed by atoms with E-state index >= 15 is 0 Å². The lowest BCUT2D eigenvalue weighted by atomic mass is 9.96. The van der Waals surface area contributed by atoms with Crippen LogP contribution in [0.3, 0.4) is 0 Å². The molecular weight excluding hydrogens is 292 g/mol. The molecule has 0 aliphatic carbocycles. The zero-order chi connectivity index (χ0) is 17.6. The average molecular weight is 336 g/mol. The van der Waals surface area contributed by atoms with E-state index in [1.54, 1.807) is 0 Å². The molecule has 1 rings (SSSR count). The van der Waals surface area contributed by atoms with Gasteiger partial charge in [0.05, 0.1) is 12.0 Å². The minimum Gasteiger partial charge on any atom is -0.247 e. The van der Waals surface area contributed by atoms with Crippen LogP contribution in [0.15, 0.2) is 12.4 Å². The fourth-order valence-corrected chi connectivity index (χ4v) is 3.78. The maximum Gasteiger partial charge on any atom is 0.257 e. The summed E-state index contributed by atoms with van der Waals surface area (Å²) in [6.07, 6.45) is 22.1. The summed E-state index contributed by atoms with van der Waals surface area (Å²) in [5.74, 6) is 2.17. The molecule has 2 unspecified atom stereocenters. The number of hydrogen-bond acceptors (Lipinski definition) is 0. The monoisotopic (exact) mass is 335 g/mol. The smallest absolute Gasteiger partial charge is 0.247 e.